The molecule has 0 heterocycles. The summed E-state index contributed by atoms with van der Waals surface area (Å²) in [6.45, 7) is 5.69. The molecule has 0 aliphatic heterocycles. The average molecular weight is 332 g/mol. The molecular weight excluding hydrogens is 306 g/mol. The number of thiocarbonyl (C=S) groups is 1. The third-order valence-electron chi connectivity index (χ3n) is 3.54. The smallest absolute Gasteiger partial charge is 0.321 e. The van der Waals surface area contributed by atoms with Crippen LogP contribution in [-0.4, -0.2) is 46.0 Å². The van der Waals surface area contributed by atoms with Crippen LogP contribution in [0.2, 0.25) is 0 Å². The number of carbonyl (C=O) groups excluding carboxylic acids is 2. The van der Waals surface area contributed by atoms with Gasteiger partial charge in [-0.3, -0.25) is 10.1 Å². The van der Waals surface area contributed by atoms with Crippen molar-refractivity contribution < 1.29 is 9.59 Å². The summed E-state index contributed by atoms with van der Waals surface area (Å²) in [6, 6.07) is -0.183. The van der Waals surface area contributed by atoms with Gasteiger partial charge in [0.25, 0.3) is 0 Å². The molecule has 1 saturated carbocycles. The predicted octanol–water partition coefficient (Wildman–Crippen LogP) is 2.50. The van der Waals surface area contributed by atoms with Crippen LogP contribution in [0.5, 0.6) is 0 Å². The molecule has 0 atom stereocenters. The lowest BCUT2D eigenvalue weighted by molar-refractivity contribution is -0.117. The summed E-state index contributed by atoms with van der Waals surface area (Å²) in [5.74, 6) is -0.129. The van der Waals surface area contributed by atoms with Gasteiger partial charge in [0.2, 0.25) is 5.91 Å². The summed E-state index contributed by atoms with van der Waals surface area (Å²) in [5, 5.41) is 5.23. The van der Waals surface area contributed by atoms with Gasteiger partial charge in [0, 0.05) is 19.1 Å². The fourth-order valence-corrected chi connectivity index (χ4v) is 3.53. The predicted molar refractivity (Wildman–Crippen MR) is 91.5 cm³/mol. The Labute approximate surface area is 136 Å². The zero-order valence-electron chi connectivity index (χ0n) is 12.8. The summed E-state index contributed by atoms with van der Waals surface area (Å²) in [6.07, 6.45) is 5.53. The molecule has 0 bridgehead atoms. The van der Waals surface area contributed by atoms with E-state index in [1.807, 2.05) is 18.7 Å². The van der Waals surface area contributed by atoms with Crippen molar-refractivity contribution in [2.75, 3.05) is 18.8 Å². The highest BCUT2D eigenvalue weighted by molar-refractivity contribution is 8.23. The van der Waals surface area contributed by atoms with Gasteiger partial charge >= 0.3 is 6.03 Å². The maximum atomic E-state index is 11.7. The van der Waals surface area contributed by atoms with Crippen molar-refractivity contribution in [3.8, 4) is 0 Å². The zero-order chi connectivity index (χ0) is 15.7. The quantitative estimate of drug-likeness (QED) is 0.758. The Hall–Kier alpha value is -0.820. The van der Waals surface area contributed by atoms with Gasteiger partial charge in [-0.25, -0.2) is 4.79 Å². The van der Waals surface area contributed by atoms with Crippen LogP contribution in [0.1, 0.15) is 46.0 Å². The Balaban J connectivity index is 2.23. The van der Waals surface area contributed by atoms with E-state index in [2.05, 4.69) is 10.6 Å². The first-order valence-corrected chi connectivity index (χ1v) is 8.98. The zero-order valence-corrected chi connectivity index (χ0v) is 14.4. The van der Waals surface area contributed by atoms with E-state index in [0.717, 1.165) is 38.8 Å². The molecule has 21 heavy (non-hydrogen) atoms. The molecule has 0 aromatic rings. The van der Waals surface area contributed by atoms with E-state index in [1.165, 1.54) is 18.2 Å². The minimum absolute atomic E-state index is 0.174. The van der Waals surface area contributed by atoms with Gasteiger partial charge in [0.1, 0.15) is 4.32 Å². The van der Waals surface area contributed by atoms with E-state index >= 15 is 0 Å². The number of nitrogens with zero attached hydrogens (tertiary/aromatic N) is 1. The van der Waals surface area contributed by atoms with Crippen LogP contribution >= 0.6 is 24.0 Å². The van der Waals surface area contributed by atoms with Crippen LogP contribution in [-0.2, 0) is 4.79 Å². The van der Waals surface area contributed by atoms with E-state index in [-0.39, 0.29) is 23.7 Å². The molecule has 0 unspecified atom stereocenters. The van der Waals surface area contributed by atoms with Gasteiger partial charge < -0.3 is 10.2 Å². The van der Waals surface area contributed by atoms with E-state index < -0.39 is 0 Å². The first-order valence-electron chi connectivity index (χ1n) is 7.58. The van der Waals surface area contributed by atoms with Crippen molar-refractivity contribution in [1.29, 1.82) is 0 Å². The fourth-order valence-electron chi connectivity index (χ4n) is 2.33. The highest BCUT2D eigenvalue weighted by atomic mass is 32.2. The second-order valence-electron chi connectivity index (χ2n) is 5.08. The van der Waals surface area contributed by atoms with E-state index in [0.29, 0.717) is 4.32 Å². The Morgan fingerprint density at radius 3 is 2.38 bits per heavy atom. The summed E-state index contributed by atoms with van der Waals surface area (Å²) < 4.78 is 0.697. The largest absolute Gasteiger partial charge is 0.358 e. The Bertz CT molecular complexity index is 367. The second kappa shape index (κ2) is 10.00. The molecule has 0 radical (unpaired) electrons. The third kappa shape index (κ3) is 7.13. The molecule has 1 aliphatic rings. The normalized spacial score (nSPS) is 15.3. The van der Waals surface area contributed by atoms with Crippen LogP contribution in [0.15, 0.2) is 0 Å². The van der Waals surface area contributed by atoms with Gasteiger partial charge in [-0.15, -0.1) is 0 Å². The molecule has 1 fully saturated rings. The van der Waals surface area contributed by atoms with Crippen LogP contribution in [0.4, 0.5) is 4.79 Å². The highest BCUT2D eigenvalue weighted by Gasteiger charge is 2.17. The Kier molecular flexibility index (Phi) is 8.68. The van der Waals surface area contributed by atoms with Gasteiger partial charge in [-0.1, -0.05) is 43.2 Å². The molecule has 0 spiro atoms. The van der Waals surface area contributed by atoms with Crippen molar-refractivity contribution in [3.63, 3.8) is 0 Å². The van der Waals surface area contributed by atoms with Crippen molar-refractivity contribution in [3.05, 3.63) is 0 Å². The Morgan fingerprint density at radius 1 is 1.19 bits per heavy atom. The summed E-state index contributed by atoms with van der Waals surface area (Å²) in [5.41, 5.74) is 0. The number of rotatable bonds is 5. The molecule has 1 rings (SSSR count). The lowest BCUT2D eigenvalue weighted by Gasteiger charge is -2.23. The molecule has 1 aliphatic carbocycles. The van der Waals surface area contributed by atoms with E-state index in [1.54, 1.807) is 0 Å². The van der Waals surface area contributed by atoms with Gasteiger partial charge in [-0.2, -0.15) is 0 Å². The number of hydrogen-bond acceptors (Lipinski definition) is 4. The maximum Gasteiger partial charge on any atom is 0.321 e. The number of nitrogens with one attached hydrogen (secondary N) is 2. The Morgan fingerprint density at radius 2 is 1.81 bits per heavy atom. The molecular formula is C14H25N3O2S2. The van der Waals surface area contributed by atoms with Gasteiger partial charge in [0.05, 0.1) is 5.75 Å². The summed E-state index contributed by atoms with van der Waals surface area (Å²) in [7, 11) is 0. The first kappa shape index (κ1) is 18.2. The van der Waals surface area contributed by atoms with Crippen molar-refractivity contribution in [2.24, 2.45) is 0 Å². The molecule has 3 amide bonds. The maximum absolute atomic E-state index is 11.7. The number of amides is 3. The summed E-state index contributed by atoms with van der Waals surface area (Å²) >= 11 is 6.54. The molecule has 0 aromatic carbocycles. The van der Waals surface area contributed by atoms with Crippen molar-refractivity contribution in [1.82, 2.24) is 15.5 Å². The van der Waals surface area contributed by atoms with Crippen LogP contribution in [0.25, 0.3) is 0 Å². The topological polar surface area (TPSA) is 61.4 Å². The van der Waals surface area contributed by atoms with Crippen molar-refractivity contribution >= 4 is 40.2 Å². The van der Waals surface area contributed by atoms with Crippen LogP contribution in [0, 0.1) is 0 Å². The molecule has 0 saturated heterocycles. The standard InChI is InChI=1S/C14H25N3O2S2/c1-3-17(4-2)14(20)21-10-12(18)16-13(19)15-11-8-6-5-7-9-11/h11H,3-10H2,1-2H3,(H2,15,16,18,19). The monoisotopic (exact) mass is 331 g/mol. The highest BCUT2D eigenvalue weighted by Crippen LogP contribution is 2.17. The summed E-state index contributed by atoms with van der Waals surface area (Å²) in [4.78, 5) is 25.5. The fraction of sp³-hybridized carbons (Fsp3) is 0.786. The van der Waals surface area contributed by atoms with E-state index in [4.69, 9.17) is 12.2 Å². The van der Waals surface area contributed by atoms with Gasteiger partial charge in [-0.05, 0) is 26.7 Å². The van der Waals surface area contributed by atoms with Crippen LogP contribution < -0.4 is 10.6 Å². The molecule has 120 valence electrons. The second-order valence-corrected chi connectivity index (χ2v) is 6.69. The van der Waals surface area contributed by atoms with Crippen LogP contribution in [0.3, 0.4) is 0 Å². The minimum atomic E-state index is -0.388. The average Bonchev–Trinajstić information content (AvgIpc) is 2.47. The van der Waals surface area contributed by atoms with Gasteiger partial charge in [0.15, 0.2) is 0 Å². The third-order valence-corrected chi connectivity index (χ3v) is 5.07. The number of thioether (sulfide) groups is 1. The number of imide groups is 1. The first-order chi connectivity index (χ1) is 10.1. The lowest BCUT2D eigenvalue weighted by atomic mass is 9.96. The van der Waals surface area contributed by atoms with Crippen molar-refractivity contribution in [2.45, 2.75) is 52.0 Å². The molecule has 5 nitrogen and oxygen atoms in total. The molecule has 2 N–H and O–H groups in total. The molecule has 7 heteroatoms. The lowest BCUT2D eigenvalue weighted by Crippen LogP contribution is -2.45. The van der Waals surface area contributed by atoms with E-state index in [9.17, 15) is 9.59 Å². The molecule has 0 aromatic heterocycles. The number of hydrogen-bond donors (Lipinski definition) is 2. The number of carbonyl (C=O) groups is 2. The number of urea groups is 1. The minimum Gasteiger partial charge on any atom is -0.358 e. The SMILES string of the molecule is CCN(CC)C(=S)SCC(=O)NC(=O)NC1CCCCC1.